The van der Waals surface area contributed by atoms with Crippen LogP contribution < -0.4 is 9.97 Å². The van der Waals surface area contributed by atoms with E-state index in [0.29, 0.717) is 0 Å². The summed E-state index contributed by atoms with van der Waals surface area (Å²) in [6.45, 7) is 16.5. The molecule has 2 rings (SSSR count). The van der Waals surface area contributed by atoms with E-state index in [1.807, 2.05) is 38.1 Å². The van der Waals surface area contributed by atoms with Gasteiger partial charge in [-0.05, 0) is 55.4 Å². The van der Waals surface area contributed by atoms with Gasteiger partial charge in [-0.3, -0.25) is 9.98 Å². The van der Waals surface area contributed by atoms with Crippen molar-refractivity contribution in [1.29, 1.82) is 0 Å². The van der Waals surface area contributed by atoms with Gasteiger partial charge in [0.25, 0.3) is 0 Å². The molecule has 2 aromatic rings. The van der Waals surface area contributed by atoms with Crippen LogP contribution >= 0.6 is 0 Å². The molecule has 0 aliphatic heterocycles. The molecule has 25 heavy (non-hydrogen) atoms. The molecule has 0 N–H and O–H groups in total. The fourth-order valence-electron chi connectivity index (χ4n) is 2.15. The van der Waals surface area contributed by atoms with Gasteiger partial charge in [-0.1, -0.05) is 24.3 Å². The van der Waals surface area contributed by atoms with Gasteiger partial charge in [0.15, 0.2) is 0 Å². The Bertz CT molecular complexity index is 591. The largest absolute Gasteiger partial charge is 2.00 e. The molecule has 4 nitrogen and oxygen atoms in total. The Morgan fingerprint density at radius 2 is 1.04 bits per heavy atom. The molecule has 0 saturated carbocycles. The molecule has 0 bridgehead atoms. The van der Waals surface area contributed by atoms with Crippen LogP contribution in [-0.4, -0.2) is 22.5 Å². The number of hydrogen-bond donors (Lipinski definition) is 0. The predicted molar refractivity (Wildman–Crippen MR) is 103 cm³/mol. The molecule has 0 saturated heterocycles. The quantitative estimate of drug-likeness (QED) is 0.568. The smallest absolute Gasteiger partial charge is 0.663 e. The Labute approximate surface area is 163 Å². The van der Waals surface area contributed by atoms with E-state index < -0.39 is 0 Å². The summed E-state index contributed by atoms with van der Waals surface area (Å²) < 4.78 is 0. The van der Waals surface area contributed by atoms with Crippen molar-refractivity contribution in [2.45, 2.75) is 66.5 Å². The minimum absolute atomic E-state index is 0. The van der Waals surface area contributed by atoms with E-state index in [9.17, 15) is 0 Å². The maximum Gasteiger partial charge on any atom is 2.00 e. The average Bonchev–Trinajstić information content (AvgIpc) is 3.10. The van der Waals surface area contributed by atoms with Gasteiger partial charge in [0, 0.05) is 11.4 Å². The summed E-state index contributed by atoms with van der Waals surface area (Å²) in [6.07, 6.45) is 3.58. The Morgan fingerprint density at radius 1 is 0.720 bits per heavy atom. The third-order valence-electron chi connectivity index (χ3n) is 2.86. The van der Waals surface area contributed by atoms with E-state index in [2.05, 4.69) is 61.5 Å². The molecule has 0 aliphatic rings. The molecule has 0 amide bonds. The molecule has 0 spiro atoms. The monoisotopic (exact) mass is 381 g/mol. The molecule has 2 aromatic heterocycles. The number of aliphatic imine (C=N–C) groups is 2. The van der Waals surface area contributed by atoms with Crippen molar-refractivity contribution in [2.75, 3.05) is 0 Å². The summed E-state index contributed by atoms with van der Waals surface area (Å²) in [4.78, 5) is 17.4. The SMILES string of the molecule is CC(=NC(C)(C)C)c1ccc[n-]1.CC(=NC(C)(C)C)c1ccc[n-]1.[Mn+2]. The molecule has 1 radical (unpaired) electrons. The third kappa shape index (κ3) is 10.1. The third-order valence-corrected chi connectivity index (χ3v) is 2.86. The second-order valence-electron chi connectivity index (χ2n) is 7.78. The maximum atomic E-state index is 4.51. The van der Waals surface area contributed by atoms with E-state index in [0.717, 1.165) is 22.8 Å². The number of nitrogens with zero attached hydrogens (tertiary/aromatic N) is 4. The summed E-state index contributed by atoms with van der Waals surface area (Å²) in [5.41, 5.74) is 3.95. The van der Waals surface area contributed by atoms with E-state index in [-0.39, 0.29) is 28.1 Å². The Balaban J connectivity index is 0.000000443. The van der Waals surface area contributed by atoms with Crippen LogP contribution in [0.3, 0.4) is 0 Å². The zero-order valence-electron chi connectivity index (χ0n) is 16.6. The topological polar surface area (TPSA) is 52.9 Å². The first-order valence-corrected chi connectivity index (χ1v) is 8.27. The second-order valence-corrected chi connectivity index (χ2v) is 7.78. The average molecular weight is 381 g/mol. The fraction of sp³-hybridized carbons (Fsp3) is 0.500. The van der Waals surface area contributed by atoms with E-state index in [4.69, 9.17) is 0 Å². The van der Waals surface area contributed by atoms with Crippen LogP contribution in [0.1, 0.15) is 66.8 Å². The van der Waals surface area contributed by atoms with Crippen molar-refractivity contribution in [2.24, 2.45) is 9.98 Å². The van der Waals surface area contributed by atoms with Crippen molar-refractivity contribution in [3.63, 3.8) is 0 Å². The summed E-state index contributed by atoms with van der Waals surface area (Å²) in [5.74, 6) is 0. The van der Waals surface area contributed by atoms with Crippen LogP contribution in [-0.2, 0) is 17.1 Å². The zero-order valence-corrected chi connectivity index (χ0v) is 17.8. The standard InChI is InChI=1S/2C10H15N2.Mn/c2*1-8(12-10(2,3)4)9-6-5-7-11-9;/h2*5-7H,1-4H3;/q2*-1;+2. The van der Waals surface area contributed by atoms with E-state index >= 15 is 0 Å². The Kier molecular flexibility index (Phi) is 9.17. The van der Waals surface area contributed by atoms with Crippen LogP contribution in [0.5, 0.6) is 0 Å². The van der Waals surface area contributed by atoms with Gasteiger partial charge >= 0.3 is 17.1 Å². The molecule has 0 unspecified atom stereocenters. The summed E-state index contributed by atoms with van der Waals surface area (Å²) in [6, 6.07) is 7.81. The van der Waals surface area contributed by atoms with Gasteiger partial charge in [-0.15, -0.1) is 11.4 Å². The van der Waals surface area contributed by atoms with Crippen LogP contribution in [0, 0.1) is 0 Å². The van der Waals surface area contributed by atoms with Crippen molar-refractivity contribution in [3.05, 3.63) is 48.0 Å². The Morgan fingerprint density at radius 3 is 1.24 bits per heavy atom. The van der Waals surface area contributed by atoms with Crippen LogP contribution in [0.2, 0.25) is 0 Å². The molecule has 0 atom stereocenters. The first-order chi connectivity index (χ1) is 11.0. The van der Waals surface area contributed by atoms with E-state index in [1.165, 1.54) is 0 Å². The van der Waals surface area contributed by atoms with E-state index in [1.54, 1.807) is 12.4 Å². The van der Waals surface area contributed by atoms with Crippen molar-refractivity contribution in [1.82, 2.24) is 9.97 Å². The first kappa shape index (κ1) is 23.4. The molecular weight excluding hydrogens is 351 g/mol. The molecular formula is C20H30MnN4. The molecule has 0 fully saturated rings. The maximum absolute atomic E-state index is 4.51. The molecule has 137 valence electrons. The fourth-order valence-corrected chi connectivity index (χ4v) is 2.15. The van der Waals surface area contributed by atoms with Crippen molar-refractivity contribution in [3.8, 4) is 0 Å². The zero-order chi connectivity index (χ0) is 18.4. The van der Waals surface area contributed by atoms with Gasteiger partial charge in [0.2, 0.25) is 0 Å². The second kappa shape index (κ2) is 9.79. The minimum Gasteiger partial charge on any atom is -0.663 e. The van der Waals surface area contributed by atoms with Crippen LogP contribution in [0.25, 0.3) is 0 Å². The van der Waals surface area contributed by atoms with Gasteiger partial charge < -0.3 is 9.97 Å². The molecule has 0 aliphatic carbocycles. The normalized spacial score (nSPS) is 13.0. The number of hydrogen-bond acceptors (Lipinski definition) is 2. The van der Waals surface area contributed by atoms with Gasteiger partial charge in [0.1, 0.15) is 0 Å². The summed E-state index contributed by atoms with van der Waals surface area (Å²) in [5, 5.41) is 0. The van der Waals surface area contributed by atoms with Crippen LogP contribution in [0.4, 0.5) is 0 Å². The van der Waals surface area contributed by atoms with Gasteiger partial charge in [-0.25, -0.2) is 0 Å². The van der Waals surface area contributed by atoms with Gasteiger partial charge in [-0.2, -0.15) is 12.4 Å². The Hall–Kier alpha value is -1.58. The van der Waals surface area contributed by atoms with Crippen molar-refractivity contribution < 1.29 is 17.1 Å². The number of rotatable bonds is 2. The molecule has 0 aromatic carbocycles. The first-order valence-electron chi connectivity index (χ1n) is 8.27. The van der Waals surface area contributed by atoms with Crippen molar-refractivity contribution >= 4 is 11.4 Å². The molecule has 2 heterocycles. The molecule has 5 heteroatoms. The van der Waals surface area contributed by atoms with Gasteiger partial charge in [0.05, 0.1) is 11.1 Å². The minimum atomic E-state index is -0.0109. The number of aromatic nitrogens is 2. The summed E-state index contributed by atoms with van der Waals surface area (Å²) in [7, 11) is 0. The predicted octanol–water partition coefficient (Wildman–Crippen LogP) is 4.50. The summed E-state index contributed by atoms with van der Waals surface area (Å²) >= 11 is 0. The van der Waals surface area contributed by atoms with Crippen LogP contribution in [0.15, 0.2) is 46.6 Å².